The highest BCUT2D eigenvalue weighted by Gasteiger charge is 2.47. The maximum atomic E-state index is 12.4. The van der Waals surface area contributed by atoms with Gasteiger partial charge in [0, 0.05) is 12.8 Å². The first-order chi connectivity index (χ1) is 10.1. The second-order valence-electron chi connectivity index (χ2n) is 5.77. The number of carbonyl (C=O) groups is 1. The predicted molar refractivity (Wildman–Crippen MR) is 83.6 cm³/mol. The summed E-state index contributed by atoms with van der Waals surface area (Å²) in [5.41, 5.74) is 0.0443. The summed E-state index contributed by atoms with van der Waals surface area (Å²) in [6.07, 6.45) is 4.28. The molecule has 0 radical (unpaired) electrons. The van der Waals surface area contributed by atoms with Crippen LogP contribution in [-0.4, -0.2) is 25.2 Å². The molecule has 1 aromatic rings. The summed E-state index contributed by atoms with van der Waals surface area (Å²) in [5.74, 6) is 1.09. The number of hydrogen-bond donors (Lipinski definition) is 1. The van der Waals surface area contributed by atoms with E-state index in [4.69, 9.17) is 9.47 Å². The Hall–Kier alpha value is -1.55. The number of methoxy groups -OCH3 is 1. The van der Waals surface area contributed by atoms with Crippen molar-refractivity contribution in [3.63, 3.8) is 0 Å². The maximum Gasteiger partial charge on any atom is 0.256 e. The number of amides is 1. The van der Waals surface area contributed by atoms with Crippen LogP contribution >= 0.6 is 0 Å². The number of carbonyl (C=O) groups excluding carboxylic acids is 1. The average Bonchev–Trinajstić information content (AvgIpc) is 3.33. The molecule has 1 fully saturated rings. The Morgan fingerprint density at radius 2 is 2.00 bits per heavy atom. The third kappa shape index (κ3) is 3.97. The molecule has 4 nitrogen and oxygen atoms in total. The van der Waals surface area contributed by atoms with Crippen LogP contribution in [-0.2, 0) is 9.53 Å². The highest BCUT2D eigenvalue weighted by molar-refractivity contribution is 5.97. The second kappa shape index (κ2) is 6.94. The van der Waals surface area contributed by atoms with Crippen molar-refractivity contribution in [1.29, 1.82) is 0 Å². The third-order valence-corrected chi connectivity index (χ3v) is 4.11. The van der Waals surface area contributed by atoms with Crippen molar-refractivity contribution >= 4 is 11.6 Å². The molecule has 1 aliphatic rings. The number of benzene rings is 1. The van der Waals surface area contributed by atoms with Crippen molar-refractivity contribution in [1.82, 2.24) is 0 Å². The fourth-order valence-electron chi connectivity index (χ4n) is 2.30. The highest BCUT2D eigenvalue weighted by Crippen LogP contribution is 2.42. The van der Waals surface area contributed by atoms with Gasteiger partial charge in [0.25, 0.3) is 5.91 Å². The Kier molecular flexibility index (Phi) is 5.23. The van der Waals surface area contributed by atoms with E-state index >= 15 is 0 Å². The van der Waals surface area contributed by atoms with Gasteiger partial charge in [0.1, 0.15) is 11.4 Å². The fourth-order valence-corrected chi connectivity index (χ4v) is 2.30. The molecule has 1 saturated carbocycles. The lowest BCUT2D eigenvalue weighted by Crippen LogP contribution is -2.43. The van der Waals surface area contributed by atoms with E-state index < -0.39 is 5.60 Å². The van der Waals surface area contributed by atoms with Gasteiger partial charge in [-0.3, -0.25) is 4.79 Å². The van der Waals surface area contributed by atoms with E-state index in [1.807, 2.05) is 31.2 Å². The van der Waals surface area contributed by atoms with Gasteiger partial charge < -0.3 is 14.8 Å². The largest absolute Gasteiger partial charge is 0.494 e. The van der Waals surface area contributed by atoms with Gasteiger partial charge in [-0.1, -0.05) is 13.3 Å². The number of nitrogens with one attached hydrogen (secondary N) is 1. The van der Waals surface area contributed by atoms with Crippen molar-refractivity contribution in [2.45, 2.75) is 45.1 Å². The van der Waals surface area contributed by atoms with E-state index in [-0.39, 0.29) is 5.91 Å². The molecule has 1 atom stereocenters. The highest BCUT2D eigenvalue weighted by atomic mass is 16.5. The van der Waals surface area contributed by atoms with Gasteiger partial charge >= 0.3 is 0 Å². The Labute approximate surface area is 126 Å². The number of anilines is 1. The van der Waals surface area contributed by atoms with Gasteiger partial charge in [0.15, 0.2) is 0 Å². The predicted octanol–water partition coefficient (Wildman–Crippen LogP) is 3.62. The maximum absolute atomic E-state index is 12.4. The summed E-state index contributed by atoms with van der Waals surface area (Å²) >= 11 is 0. The Morgan fingerprint density at radius 3 is 2.52 bits per heavy atom. The zero-order valence-corrected chi connectivity index (χ0v) is 13.1. The molecule has 0 aromatic heterocycles. The SMILES string of the molecule is CCCCOc1ccc(NC(=O)C(C)(OC)C2CC2)cc1. The normalized spacial score (nSPS) is 17.1. The Balaban J connectivity index is 1.92. The summed E-state index contributed by atoms with van der Waals surface area (Å²) in [7, 11) is 1.60. The van der Waals surface area contributed by atoms with Crippen LogP contribution in [0.2, 0.25) is 0 Å². The minimum absolute atomic E-state index is 0.0767. The standard InChI is InChI=1S/C17H25NO3/c1-4-5-12-21-15-10-8-14(9-11-15)18-16(19)17(2,20-3)13-6-7-13/h8-11,13H,4-7,12H2,1-3H3,(H,18,19). The number of unbranched alkanes of at least 4 members (excludes halogenated alkanes) is 1. The van der Waals surface area contributed by atoms with Gasteiger partial charge in [-0.15, -0.1) is 0 Å². The quantitative estimate of drug-likeness (QED) is 0.744. The van der Waals surface area contributed by atoms with Crippen molar-refractivity contribution in [2.75, 3.05) is 19.0 Å². The molecular formula is C17H25NO3. The molecule has 0 aliphatic heterocycles. The minimum atomic E-state index is -0.726. The molecule has 21 heavy (non-hydrogen) atoms. The van der Waals surface area contributed by atoms with Crippen LogP contribution in [0.1, 0.15) is 39.5 Å². The smallest absolute Gasteiger partial charge is 0.256 e. The molecule has 1 amide bonds. The molecular weight excluding hydrogens is 266 g/mol. The molecule has 116 valence electrons. The Bertz CT molecular complexity index is 467. The van der Waals surface area contributed by atoms with Crippen LogP contribution in [0, 0.1) is 5.92 Å². The molecule has 1 unspecified atom stereocenters. The zero-order valence-electron chi connectivity index (χ0n) is 13.1. The average molecular weight is 291 g/mol. The van der Waals surface area contributed by atoms with Crippen LogP contribution in [0.4, 0.5) is 5.69 Å². The molecule has 0 heterocycles. The minimum Gasteiger partial charge on any atom is -0.494 e. The molecule has 2 rings (SSSR count). The lowest BCUT2D eigenvalue weighted by atomic mass is 9.99. The first-order valence-electron chi connectivity index (χ1n) is 7.69. The fraction of sp³-hybridized carbons (Fsp3) is 0.588. The molecule has 1 aromatic carbocycles. The van der Waals surface area contributed by atoms with Crippen molar-refractivity contribution in [2.24, 2.45) is 5.92 Å². The summed E-state index contributed by atoms with van der Waals surface area (Å²) in [4.78, 5) is 12.4. The van der Waals surface area contributed by atoms with Crippen molar-refractivity contribution in [3.8, 4) is 5.75 Å². The summed E-state index contributed by atoms with van der Waals surface area (Å²) in [5, 5.41) is 2.93. The van der Waals surface area contributed by atoms with E-state index in [1.165, 1.54) is 0 Å². The molecule has 1 N–H and O–H groups in total. The van der Waals surface area contributed by atoms with Gasteiger partial charge in [-0.25, -0.2) is 0 Å². The summed E-state index contributed by atoms with van der Waals surface area (Å²) < 4.78 is 11.1. The van der Waals surface area contributed by atoms with Crippen molar-refractivity contribution in [3.05, 3.63) is 24.3 Å². The topological polar surface area (TPSA) is 47.6 Å². The Morgan fingerprint density at radius 1 is 1.33 bits per heavy atom. The van der Waals surface area contributed by atoms with E-state index in [1.54, 1.807) is 7.11 Å². The van der Waals surface area contributed by atoms with Gasteiger partial charge in [-0.2, -0.15) is 0 Å². The summed E-state index contributed by atoms with van der Waals surface area (Å²) in [6, 6.07) is 7.49. The number of hydrogen-bond acceptors (Lipinski definition) is 3. The molecule has 0 spiro atoms. The number of rotatable bonds is 8. The van der Waals surface area contributed by atoms with Gasteiger partial charge in [-0.05, 0) is 56.4 Å². The molecule has 0 saturated heterocycles. The second-order valence-corrected chi connectivity index (χ2v) is 5.77. The lowest BCUT2D eigenvalue weighted by molar-refractivity contribution is -0.138. The van der Waals surface area contributed by atoms with Crippen LogP contribution in [0.15, 0.2) is 24.3 Å². The van der Waals surface area contributed by atoms with Crippen LogP contribution in [0.3, 0.4) is 0 Å². The first-order valence-corrected chi connectivity index (χ1v) is 7.69. The number of ether oxygens (including phenoxy) is 2. The molecule has 1 aliphatic carbocycles. The monoisotopic (exact) mass is 291 g/mol. The van der Waals surface area contributed by atoms with Crippen LogP contribution in [0.5, 0.6) is 5.75 Å². The van der Waals surface area contributed by atoms with Crippen molar-refractivity contribution < 1.29 is 14.3 Å². The van der Waals surface area contributed by atoms with E-state index in [9.17, 15) is 4.79 Å². The lowest BCUT2D eigenvalue weighted by Gasteiger charge is -2.26. The van der Waals surface area contributed by atoms with E-state index in [0.29, 0.717) is 5.92 Å². The first kappa shape index (κ1) is 15.8. The van der Waals surface area contributed by atoms with Crippen LogP contribution in [0.25, 0.3) is 0 Å². The van der Waals surface area contributed by atoms with Crippen LogP contribution < -0.4 is 10.1 Å². The molecule has 0 bridgehead atoms. The third-order valence-electron chi connectivity index (χ3n) is 4.11. The zero-order chi connectivity index (χ0) is 15.3. The van der Waals surface area contributed by atoms with E-state index in [2.05, 4.69) is 12.2 Å². The molecule has 4 heteroatoms. The summed E-state index contributed by atoms with van der Waals surface area (Å²) in [6.45, 7) is 4.72. The van der Waals surface area contributed by atoms with Gasteiger partial charge in [0.05, 0.1) is 6.61 Å². The van der Waals surface area contributed by atoms with Gasteiger partial charge in [0.2, 0.25) is 0 Å². The van der Waals surface area contributed by atoms with E-state index in [0.717, 1.165) is 43.7 Å².